The Morgan fingerprint density at radius 2 is 0.781 bits per heavy atom. The van der Waals surface area contributed by atoms with Gasteiger partial charge in [0.25, 0.3) is 7.82 Å². The van der Waals surface area contributed by atoms with Gasteiger partial charge in [0, 0.05) is 12.8 Å². The van der Waals surface area contributed by atoms with E-state index in [0.717, 1.165) is 83.5 Å². The van der Waals surface area contributed by atoms with Gasteiger partial charge in [-0.25, -0.2) is 0 Å². The molecule has 0 aliphatic rings. The van der Waals surface area contributed by atoms with E-state index >= 15 is 0 Å². The van der Waals surface area contributed by atoms with Gasteiger partial charge in [-0.2, -0.15) is 0 Å². The van der Waals surface area contributed by atoms with E-state index in [-0.39, 0.29) is 32.0 Å². The zero-order valence-electron chi connectivity index (χ0n) is 48.1. The number of likely N-dealkylation sites (N-methyl/N-ethyl adjacent to an activating group) is 1. The molecule has 0 aromatic rings. The maximum atomic E-state index is 12.8. The maximum Gasteiger partial charge on any atom is 0.306 e. The van der Waals surface area contributed by atoms with Gasteiger partial charge in [0.05, 0.1) is 27.7 Å². The van der Waals surface area contributed by atoms with Gasteiger partial charge in [0.1, 0.15) is 19.8 Å². The number of phosphoric ester groups is 1. The molecule has 0 amide bonds. The molecule has 0 bridgehead atoms. The fourth-order valence-corrected chi connectivity index (χ4v) is 9.10. The highest BCUT2D eigenvalue weighted by atomic mass is 31.2. The summed E-state index contributed by atoms with van der Waals surface area (Å²) >= 11 is 0. The van der Waals surface area contributed by atoms with Crippen molar-refractivity contribution < 1.29 is 42.1 Å². The molecule has 2 unspecified atom stereocenters. The third-order valence-corrected chi connectivity index (χ3v) is 14.0. The van der Waals surface area contributed by atoms with Crippen molar-refractivity contribution in [3.63, 3.8) is 0 Å². The summed E-state index contributed by atoms with van der Waals surface area (Å²) in [6.07, 6.45) is 71.0. The van der Waals surface area contributed by atoms with Gasteiger partial charge in [-0.05, 0) is 64.2 Å². The van der Waals surface area contributed by atoms with Crippen LogP contribution in [0, 0.1) is 0 Å². The Bertz CT molecular complexity index is 1460. The molecule has 0 heterocycles. The molecule has 0 aliphatic heterocycles. The number of carbonyl (C=O) groups excluding carboxylic acids is 2. The lowest BCUT2D eigenvalue weighted by atomic mass is 10.0. The summed E-state index contributed by atoms with van der Waals surface area (Å²) in [7, 11) is 1.15. The van der Waals surface area contributed by atoms with Gasteiger partial charge >= 0.3 is 11.9 Å². The summed E-state index contributed by atoms with van der Waals surface area (Å²) in [6.45, 7) is 4.12. The number of ether oxygens (including phenoxy) is 2. The van der Waals surface area contributed by atoms with Crippen LogP contribution < -0.4 is 4.89 Å². The van der Waals surface area contributed by atoms with Crippen molar-refractivity contribution in [3.8, 4) is 0 Å². The standard InChI is InChI=1S/C63H114NO8P/c1-6-8-10-12-14-16-18-20-22-24-26-28-30-31-32-34-35-37-39-41-43-45-47-49-51-53-55-62(65)69-59-61(60-71-73(67,68)70-58-57-64(3,4)5)72-63(66)56-54-52-50-48-46-44-42-40-38-36-33-29-27-25-23-21-19-17-15-13-11-9-7-2/h9,11,15,17,21,23,27,29,36,38,42,44,61H,6-8,10,12-14,16,18-20,22,24-26,28,30-35,37,39-41,43,45-60H2,1-5H3/b11-9-,17-15-,23-21-,29-27-,38-36-,44-42-. The van der Waals surface area contributed by atoms with Gasteiger partial charge in [-0.15, -0.1) is 0 Å². The van der Waals surface area contributed by atoms with E-state index in [0.29, 0.717) is 17.4 Å². The number of hydrogen-bond donors (Lipinski definition) is 0. The maximum absolute atomic E-state index is 12.8. The van der Waals surface area contributed by atoms with Crippen molar-refractivity contribution in [1.82, 2.24) is 0 Å². The average molecular weight is 1040 g/mol. The smallest absolute Gasteiger partial charge is 0.306 e. The minimum Gasteiger partial charge on any atom is -0.756 e. The quantitative estimate of drug-likeness (QED) is 0.0195. The Kier molecular flexibility index (Phi) is 52.4. The van der Waals surface area contributed by atoms with Crippen molar-refractivity contribution in [2.24, 2.45) is 0 Å². The summed E-state index contributed by atoms with van der Waals surface area (Å²) < 4.78 is 34.2. The van der Waals surface area contributed by atoms with Crippen LogP contribution in [0.4, 0.5) is 0 Å². The molecule has 0 aromatic heterocycles. The Morgan fingerprint density at radius 1 is 0.438 bits per heavy atom. The van der Waals surface area contributed by atoms with Crippen LogP contribution in [0.3, 0.4) is 0 Å². The lowest BCUT2D eigenvalue weighted by Gasteiger charge is -2.28. The first-order chi connectivity index (χ1) is 35.5. The number of unbranched alkanes of at least 4 members (excludes halogenated alkanes) is 29. The number of allylic oxidation sites excluding steroid dienone is 12. The number of hydrogen-bond acceptors (Lipinski definition) is 8. The molecule has 73 heavy (non-hydrogen) atoms. The van der Waals surface area contributed by atoms with Crippen molar-refractivity contribution in [2.45, 2.75) is 270 Å². The van der Waals surface area contributed by atoms with Gasteiger partial charge in [0.15, 0.2) is 6.10 Å². The van der Waals surface area contributed by atoms with Crippen LogP contribution >= 0.6 is 7.82 Å². The van der Waals surface area contributed by atoms with Crippen LogP contribution in [0.15, 0.2) is 72.9 Å². The van der Waals surface area contributed by atoms with Crippen LogP contribution in [-0.2, 0) is 32.7 Å². The lowest BCUT2D eigenvalue weighted by molar-refractivity contribution is -0.870. The molecule has 0 saturated heterocycles. The molecule has 0 N–H and O–H groups in total. The minimum atomic E-state index is -4.65. The highest BCUT2D eigenvalue weighted by Gasteiger charge is 2.22. The molecule has 2 atom stereocenters. The summed E-state index contributed by atoms with van der Waals surface area (Å²) in [5.74, 6) is -0.856. The number of carbonyl (C=O) groups is 2. The molecule has 424 valence electrons. The van der Waals surface area contributed by atoms with Crippen molar-refractivity contribution in [1.29, 1.82) is 0 Å². The molecule has 10 heteroatoms. The van der Waals surface area contributed by atoms with E-state index in [1.807, 2.05) is 21.1 Å². The van der Waals surface area contributed by atoms with Crippen molar-refractivity contribution in [3.05, 3.63) is 72.9 Å². The molecule has 0 radical (unpaired) electrons. The zero-order chi connectivity index (χ0) is 53.5. The summed E-state index contributed by atoms with van der Waals surface area (Å²) in [5, 5.41) is 0. The van der Waals surface area contributed by atoms with Crippen LogP contribution in [0.1, 0.15) is 264 Å². The molecular formula is C63H114NO8P. The first-order valence-corrected chi connectivity index (χ1v) is 31.6. The SMILES string of the molecule is CC/C=C\C/C=C\C/C=C\C/C=C\C/C=C\C/C=C\CCCCCCC(=O)OC(COC(=O)CCCCCCCCCCCCCCCCCCCCCCCCCCCC)COP(=O)([O-])OCC[N+](C)(C)C. The number of rotatable bonds is 55. The monoisotopic (exact) mass is 1040 g/mol. The van der Waals surface area contributed by atoms with Gasteiger partial charge in [-0.1, -0.05) is 260 Å². The van der Waals surface area contributed by atoms with E-state index in [1.165, 1.54) is 148 Å². The highest BCUT2D eigenvalue weighted by molar-refractivity contribution is 7.45. The van der Waals surface area contributed by atoms with Gasteiger partial charge < -0.3 is 27.9 Å². The molecule has 0 saturated carbocycles. The van der Waals surface area contributed by atoms with E-state index in [2.05, 4.69) is 86.8 Å². The lowest BCUT2D eigenvalue weighted by Crippen LogP contribution is -2.37. The fourth-order valence-electron chi connectivity index (χ4n) is 8.37. The molecular weight excluding hydrogens is 930 g/mol. The number of esters is 2. The van der Waals surface area contributed by atoms with Crippen molar-refractivity contribution >= 4 is 19.8 Å². The number of quaternary nitrogens is 1. The van der Waals surface area contributed by atoms with Crippen LogP contribution in [0.2, 0.25) is 0 Å². The first kappa shape index (κ1) is 70.5. The first-order valence-electron chi connectivity index (χ1n) is 30.1. The Hall–Kier alpha value is -2.55. The fraction of sp³-hybridized carbons (Fsp3) is 0.778. The third-order valence-electron chi connectivity index (χ3n) is 13.0. The van der Waals surface area contributed by atoms with Crippen LogP contribution in [-0.4, -0.2) is 70.0 Å². The Labute approximate surface area is 450 Å². The molecule has 0 rings (SSSR count). The molecule has 0 aliphatic carbocycles. The highest BCUT2D eigenvalue weighted by Crippen LogP contribution is 2.38. The Balaban J connectivity index is 4.17. The van der Waals surface area contributed by atoms with Gasteiger partial charge in [-0.3, -0.25) is 14.2 Å². The second kappa shape index (κ2) is 54.2. The molecule has 0 fully saturated rings. The minimum absolute atomic E-state index is 0.0383. The zero-order valence-corrected chi connectivity index (χ0v) is 49.0. The van der Waals surface area contributed by atoms with Gasteiger partial charge in [0.2, 0.25) is 0 Å². The number of nitrogens with zero attached hydrogens (tertiary/aromatic N) is 1. The summed E-state index contributed by atoms with van der Waals surface area (Å²) in [5.41, 5.74) is 0. The predicted octanol–water partition coefficient (Wildman–Crippen LogP) is 18.2. The second-order valence-corrected chi connectivity index (χ2v) is 22.8. The predicted molar refractivity (Wildman–Crippen MR) is 309 cm³/mol. The normalized spacial score (nSPS) is 13.8. The largest absolute Gasteiger partial charge is 0.756 e. The van der Waals surface area contributed by atoms with E-state index in [4.69, 9.17) is 18.5 Å². The average Bonchev–Trinajstić information content (AvgIpc) is 3.35. The third kappa shape index (κ3) is 58.6. The van der Waals surface area contributed by atoms with E-state index in [9.17, 15) is 19.0 Å². The molecule has 9 nitrogen and oxygen atoms in total. The summed E-state index contributed by atoms with van der Waals surface area (Å²) in [4.78, 5) is 37.9. The van der Waals surface area contributed by atoms with Crippen LogP contribution in [0.25, 0.3) is 0 Å². The van der Waals surface area contributed by atoms with Crippen LogP contribution in [0.5, 0.6) is 0 Å². The van der Waals surface area contributed by atoms with E-state index in [1.54, 1.807) is 0 Å². The molecule has 0 spiro atoms. The Morgan fingerprint density at radius 3 is 1.16 bits per heavy atom. The van der Waals surface area contributed by atoms with E-state index < -0.39 is 26.5 Å². The van der Waals surface area contributed by atoms with Crippen molar-refractivity contribution in [2.75, 3.05) is 47.5 Å². The second-order valence-electron chi connectivity index (χ2n) is 21.3. The topological polar surface area (TPSA) is 111 Å². The summed E-state index contributed by atoms with van der Waals surface area (Å²) in [6, 6.07) is 0. The number of phosphoric acid groups is 1. The molecule has 0 aromatic carbocycles.